The lowest BCUT2D eigenvalue weighted by Gasteiger charge is -2.21. The van der Waals surface area contributed by atoms with Crippen molar-refractivity contribution >= 4 is 11.4 Å². The largest absolute Gasteiger partial charge is 0.377 e. The maximum atomic E-state index is 3.46. The van der Waals surface area contributed by atoms with E-state index < -0.39 is 0 Å². The van der Waals surface area contributed by atoms with Gasteiger partial charge in [-0.2, -0.15) is 0 Å². The van der Waals surface area contributed by atoms with Crippen LogP contribution in [0.5, 0.6) is 0 Å². The monoisotopic (exact) mass is 220 g/mol. The van der Waals surface area contributed by atoms with E-state index in [9.17, 15) is 0 Å². The van der Waals surface area contributed by atoms with Gasteiger partial charge in [-0.15, -0.1) is 0 Å². The highest BCUT2D eigenvalue weighted by Gasteiger charge is 2.14. The first-order chi connectivity index (χ1) is 7.68. The summed E-state index contributed by atoms with van der Waals surface area (Å²) in [6.07, 6.45) is 0.191. The molecule has 0 unspecified atom stereocenters. The molecule has 1 saturated heterocycles. The lowest BCUT2D eigenvalue weighted by molar-refractivity contribution is 0.620. The van der Waals surface area contributed by atoms with E-state index in [1.54, 1.807) is 0 Å². The summed E-state index contributed by atoms with van der Waals surface area (Å²) in [6, 6.07) is 6.33. The van der Waals surface area contributed by atoms with Crippen molar-refractivity contribution in [3.63, 3.8) is 0 Å². The van der Waals surface area contributed by atoms with E-state index in [1.807, 2.05) is 0 Å². The second kappa shape index (κ2) is 4.72. The Morgan fingerprint density at radius 3 is 2.56 bits per heavy atom. The molecule has 0 atom stereocenters. The van der Waals surface area contributed by atoms with Crippen LogP contribution in [-0.4, -0.2) is 33.5 Å². The third kappa shape index (κ3) is 2.28. The van der Waals surface area contributed by atoms with E-state index in [2.05, 4.69) is 60.1 Å². The average molecular weight is 220 g/mol. The van der Waals surface area contributed by atoms with E-state index in [-0.39, 0.29) is 6.29 Å². The summed E-state index contributed by atoms with van der Waals surface area (Å²) in [7, 11) is 4.14. The van der Waals surface area contributed by atoms with Gasteiger partial charge in [-0.25, -0.2) is 0 Å². The highest BCUT2D eigenvalue weighted by Crippen LogP contribution is 2.25. The molecule has 1 aromatic carbocycles. The summed E-state index contributed by atoms with van der Waals surface area (Å²) in [5.41, 5.74) is 3.71. The number of anilines is 2. The maximum absolute atomic E-state index is 3.46. The zero-order valence-corrected chi connectivity index (χ0v) is 10.2. The molecule has 0 bridgehead atoms. The van der Waals surface area contributed by atoms with E-state index in [0.29, 0.717) is 0 Å². The summed E-state index contributed by atoms with van der Waals surface area (Å²) in [5, 5.41) is 10.1. The second-order valence-electron chi connectivity index (χ2n) is 4.33. The molecule has 1 fully saturated rings. The minimum Gasteiger partial charge on any atom is -0.377 e. The van der Waals surface area contributed by atoms with Gasteiger partial charge in [0.15, 0.2) is 0 Å². The fraction of sp³-hybridized carbons (Fsp3) is 0.500. The lowest BCUT2D eigenvalue weighted by atomic mass is 10.1. The van der Waals surface area contributed by atoms with Crippen molar-refractivity contribution in [1.29, 1.82) is 0 Å². The number of benzene rings is 1. The molecular formula is C12H20N4. The molecule has 1 heterocycles. The average Bonchev–Trinajstić information content (AvgIpc) is 2.73. The van der Waals surface area contributed by atoms with Crippen molar-refractivity contribution in [3.05, 3.63) is 23.8 Å². The van der Waals surface area contributed by atoms with Gasteiger partial charge in [0, 0.05) is 38.6 Å². The van der Waals surface area contributed by atoms with Crippen LogP contribution < -0.4 is 20.9 Å². The van der Waals surface area contributed by atoms with Crippen LogP contribution in [-0.2, 0) is 0 Å². The minimum absolute atomic E-state index is 0.191. The van der Waals surface area contributed by atoms with Crippen molar-refractivity contribution in [2.45, 2.75) is 13.2 Å². The topological polar surface area (TPSA) is 39.3 Å². The van der Waals surface area contributed by atoms with Crippen LogP contribution in [0, 0.1) is 6.92 Å². The van der Waals surface area contributed by atoms with Crippen LogP contribution in [0.15, 0.2) is 18.2 Å². The Morgan fingerprint density at radius 2 is 1.94 bits per heavy atom. The lowest BCUT2D eigenvalue weighted by Crippen LogP contribution is -2.39. The van der Waals surface area contributed by atoms with Crippen molar-refractivity contribution in [2.24, 2.45) is 0 Å². The van der Waals surface area contributed by atoms with Gasteiger partial charge in [-0.3, -0.25) is 10.6 Å². The fourth-order valence-corrected chi connectivity index (χ4v) is 2.03. The molecule has 4 nitrogen and oxygen atoms in total. The molecule has 16 heavy (non-hydrogen) atoms. The van der Waals surface area contributed by atoms with Gasteiger partial charge in [0.2, 0.25) is 0 Å². The smallest absolute Gasteiger partial charge is 0.132 e. The first kappa shape index (κ1) is 11.2. The molecule has 1 aromatic rings. The molecule has 0 aromatic heterocycles. The van der Waals surface area contributed by atoms with Crippen LogP contribution in [0.1, 0.15) is 5.56 Å². The molecule has 0 amide bonds. The van der Waals surface area contributed by atoms with Crippen LogP contribution >= 0.6 is 0 Å². The molecule has 3 N–H and O–H groups in total. The quantitative estimate of drug-likeness (QED) is 0.709. The summed E-state index contributed by atoms with van der Waals surface area (Å²) in [6.45, 7) is 4.18. The van der Waals surface area contributed by atoms with Gasteiger partial charge in [0.1, 0.15) is 6.29 Å². The van der Waals surface area contributed by atoms with E-state index in [4.69, 9.17) is 0 Å². The Morgan fingerprint density at radius 1 is 1.25 bits per heavy atom. The zero-order valence-electron chi connectivity index (χ0n) is 10.2. The molecule has 0 spiro atoms. The SMILES string of the molecule is Cc1c(NC2NCCN2)cccc1N(C)C. The Hall–Kier alpha value is -1.26. The Bertz CT molecular complexity index is 356. The van der Waals surface area contributed by atoms with Crippen molar-refractivity contribution in [2.75, 3.05) is 37.4 Å². The van der Waals surface area contributed by atoms with Crippen molar-refractivity contribution < 1.29 is 0 Å². The molecular weight excluding hydrogens is 200 g/mol. The number of rotatable bonds is 3. The van der Waals surface area contributed by atoms with Gasteiger partial charge in [-0.1, -0.05) is 6.07 Å². The summed E-state index contributed by atoms with van der Waals surface area (Å²) < 4.78 is 0. The Labute approximate surface area is 97.0 Å². The van der Waals surface area contributed by atoms with Crippen molar-refractivity contribution in [3.8, 4) is 0 Å². The molecule has 0 radical (unpaired) electrons. The molecule has 0 saturated carbocycles. The molecule has 1 aliphatic rings. The van der Waals surface area contributed by atoms with E-state index >= 15 is 0 Å². The first-order valence-corrected chi connectivity index (χ1v) is 5.69. The van der Waals surface area contributed by atoms with Crippen LogP contribution in [0.4, 0.5) is 11.4 Å². The zero-order chi connectivity index (χ0) is 11.5. The van der Waals surface area contributed by atoms with Gasteiger partial charge in [-0.05, 0) is 24.6 Å². The third-order valence-corrected chi connectivity index (χ3v) is 2.91. The number of hydrogen-bond acceptors (Lipinski definition) is 4. The number of nitrogens with one attached hydrogen (secondary N) is 3. The molecule has 0 aliphatic carbocycles. The predicted octanol–water partition coefficient (Wildman–Crippen LogP) is 0.949. The summed E-state index contributed by atoms with van der Waals surface area (Å²) >= 11 is 0. The Kier molecular flexibility index (Phi) is 3.31. The summed E-state index contributed by atoms with van der Waals surface area (Å²) in [4.78, 5) is 2.13. The van der Waals surface area contributed by atoms with Gasteiger partial charge in [0.25, 0.3) is 0 Å². The Balaban J connectivity index is 2.17. The number of hydrogen-bond donors (Lipinski definition) is 3. The fourth-order valence-electron chi connectivity index (χ4n) is 2.03. The third-order valence-electron chi connectivity index (χ3n) is 2.91. The standard InChI is InChI=1S/C12H20N4/c1-9-10(15-12-13-7-8-14-12)5-4-6-11(9)16(2)3/h4-6,12-15H,7-8H2,1-3H3. The molecule has 4 heteroatoms. The van der Waals surface area contributed by atoms with E-state index in [1.165, 1.54) is 16.9 Å². The van der Waals surface area contributed by atoms with Gasteiger partial charge >= 0.3 is 0 Å². The highest BCUT2D eigenvalue weighted by atomic mass is 15.3. The highest BCUT2D eigenvalue weighted by molar-refractivity contribution is 5.65. The number of nitrogens with zero attached hydrogens (tertiary/aromatic N) is 1. The summed E-state index contributed by atoms with van der Waals surface area (Å²) in [5.74, 6) is 0. The second-order valence-corrected chi connectivity index (χ2v) is 4.33. The molecule has 88 valence electrons. The van der Waals surface area contributed by atoms with Gasteiger partial charge in [0.05, 0.1) is 0 Å². The van der Waals surface area contributed by atoms with Crippen molar-refractivity contribution in [1.82, 2.24) is 10.6 Å². The van der Waals surface area contributed by atoms with Crippen LogP contribution in [0.2, 0.25) is 0 Å². The molecule has 1 aliphatic heterocycles. The van der Waals surface area contributed by atoms with Crippen LogP contribution in [0.25, 0.3) is 0 Å². The normalized spacial score (nSPS) is 16.4. The van der Waals surface area contributed by atoms with E-state index in [0.717, 1.165) is 13.1 Å². The maximum Gasteiger partial charge on any atom is 0.132 e. The molecule has 2 rings (SSSR count). The minimum atomic E-state index is 0.191. The first-order valence-electron chi connectivity index (χ1n) is 5.69. The van der Waals surface area contributed by atoms with Gasteiger partial charge < -0.3 is 10.2 Å². The predicted molar refractivity (Wildman–Crippen MR) is 68.9 cm³/mol. The van der Waals surface area contributed by atoms with Crippen LogP contribution in [0.3, 0.4) is 0 Å².